The molecule has 1 atom stereocenters. The van der Waals surface area contributed by atoms with E-state index < -0.39 is 11.0 Å². The van der Waals surface area contributed by atoms with E-state index in [0.717, 1.165) is 0 Å². The van der Waals surface area contributed by atoms with Gasteiger partial charge in [-0.05, 0) is 44.0 Å². The number of likely N-dealkylation sites (tertiary alicyclic amines) is 1. The van der Waals surface area contributed by atoms with Gasteiger partial charge in [-0.3, -0.25) is 19.7 Å². The summed E-state index contributed by atoms with van der Waals surface area (Å²) in [6.45, 7) is 2.03. The fraction of sp³-hybridized carbons (Fsp3) is 0.278. The molecule has 3 rings (SSSR count). The van der Waals surface area contributed by atoms with Crippen molar-refractivity contribution in [2.24, 2.45) is 0 Å². The first-order chi connectivity index (χ1) is 12.9. The first kappa shape index (κ1) is 18.3. The minimum absolute atomic E-state index is 0.0434. The Morgan fingerprint density at radius 2 is 2.11 bits per heavy atom. The monoisotopic (exact) mass is 369 g/mol. The van der Waals surface area contributed by atoms with Crippen LogP contribution in [0.25, 0.3) is 0 Å². The number of pyridine rings is 1. The molecule has 1 aliphatic rings. The summed E-state index contributed by atoms with van der Waals surface area (Å²) in [4.78, 5) is 41.3. The van der Waals surface area contributed by atoms with Crippen LogP contribution in [-0.4, -0.2) is 39.2 Å². The number of nitro benzene ring substituents is 1. The van der Waals surface area contributed by atoms with Gasteiger partial charge in [-0.2, -0.15) is 0 Å². The molecular formula is C18H19N5O4. The van der Waals surface area contributed by atoms with Gasteiger partial charge in [0, 0.05) is 23.7 Å². The summed E-state index contributed by atoms with van der Waals surface area (Å²) in [5.41, 5.74) is 6.71. The lowest BCUT2D eigenvalue weighted by Gasteiger charge is -2.24. The SMILES string of the molecule is Cc1cc(C(=O)N2CCCC2C(=O)Nc2ccc(N)nc2)ccc1[N+](=O)[O-]. The predicted molar refractivity (Wildman–Crippen MR) is 99.2 cm³/mol. The summed E-state index contributed by atoms with van der Waals surface area (Å²) in [5.74, 6) is -0.272. The van der Waals surface area contributed by atoms with Crippen molar-refractivity contribution in [2.75, 3.05) is 17.6 Å². The van der Waals surface area contributed by atoms with Gasteiger partial charge in [-0.1, -0.05) is 0 Å². The lowest BCUT2D eigenvalue weighted by Crippen LogP contribution is -2.43. The molecule has 3 N–H and O–H groups in total. The van der Waals surface area contributed by atoms with Crippen LogP contribution in [0.1, 0.15) is 28.8 Å². The summed E-state index contributed by atoms with van der Waals surface area (Å²) in [7, 11) is 0. The molecule has 0 spiro atoms. The maximum absolute atomic E-state index is 12.8. The highest BCUT2D eigenvalue weighted by Crippen LogP contribution is 2.24. The van der Waals surface area contributed by atoms with E-state index in [9.17, 15) is 19.7 Å². The van der Waals surface area contributed by atoms with Crippen molar-refractivity contribution in [1.82, 2.24) is 9.88 Å². The molecule has 27 heavy (non-hydrogen) atoms. The average molecular weight is 369 g/mol. The molecule has 0 radical (unpaired) electrons. The number of nitro groups is 1. The zero-order chi connectivity index (χ0) is 19.6. The molecule has 1 unspecified atom stereocenters. The first-order valence-electron chi connectivity index (χ1n) is 8.45. The smallest absolute Gasteiger partial charge is 0.272 e. The van der Waals surface area contributed by atoms with Crippen molar-refractivity contribution in [3.05, 3.63) is 57.8 Å². The largest absolute Gasteiger partial charge is 0.384 e. The quantitative estimate of drug-likeness (QED) is 0.627. The highest BCUT2D eigenvalue weighted by Gasteiger charge is 2.35. The number of anilines is 2. The fourth-order valence-corrected chi connectivity index (χ4v) is 3.15. The standard InChI is InChI=1S/C18H19N5O4/c1-11-9-12(4-6-14(11)23(26)27)18(25)22-8-2-3-15(22)17(24)21-13-5-7-16(19)20-10-13/h4-7,9-10,15H,2-3,8H2,1H3,(H2,19,20)(H,21,24). The summed E-state index contributed by atoms with van der Waals surface area (Å²) >= 11 is 0. The molecule has 0 aliphatic carbocycles. The minimum Gasteiger partial charge on any atom is -0.384 e. The lowest BCUT2D eigenvalue weighted by atomic mass is 10.1. The second kappa shape index (κ2) is 7.40. The highest BCUT2D eigenvalue weighted by atomic mass is 16.6. The number of hydrogen-bond donors (Lipinski definition) is 2. The normalized spacial score (nSPS) is 16.2. The van der Waals surface area contributed by atoms with Crippen LogP contribution in [0.4, 0.5) is 17.2 Å². The Labute approximate surface area is 155 Å². The van der Waals surface area contributed by atoms with Gasteiger partial charge < -0.3 is 16.0 Å². The Morgan fingerprint density at radius 1 is 1.33 bits per heavy atom. The van der Waals surface area contributed by atoms with Crippen LogP contribution < -0.4 is 11.1 Å². The molecular weight excluding hydrogens is 350 g/mol. The van der Waals surface area contributed by atoms with E-state index in [1.807, 2.05) is 0 Å². The van der Waals surface area contributed by atoms with Crippen molar-refractivity contribution in [1.29, 1.82) is 0 Å². The molecule has 9 heteroatoms. The zero-order valence-corrected chi connectivity index (χ0v) is 14.7. The number of carbonyl (C=O) groups is 2. The van der Waals surface area contributed by atoms with Crippen molar-refractivity contribution in [2.45, 2.75) is 25.8 Å². The third kappa shape index (κ3) is 3.86. The molecule has 1 fully saturated rings. The molecule has 2 heterocycles. The number of nitrogens with two attached hydrogens (primary N) is 1. The van der Waals surface area contributed by atoms with Gasteiger partial charge in [0.25, 0.3) is 11.6 Å². The van der Waals surface area contributed by atoms with Crippen LogP contribution in [0.5, 0.6) is 0 Å². The Hall–Kier alpha value is -3.49. The molecule has 9 nitrogen and oxygen atoms in total. The van der Waals surface area contributed by atoms with Crippen LogP contribution in [-0.2, 0) is 4.79 Å². The second-order valence-corrected chi connectivity index (χ2v) is 6.38. The van der Waals surface area contributed by atoms with Crippen LogP contribution in [0, 0.1) is 17.0 Å². The summed E-state index contributed by atoms with van der Waals surface area (Å²) in [6, 6.07) is 6.83. The van der Waals surface area contributed by atoms with Gasteiger partial charge in [-0.25, -0.2) is 4.98 Å². The van der Waals surface area contributed by atoms with Crippen LogP contribution in [0.2, 0.25) is 0 Å². The van der Waals surface area contributed by atoms with Crippen molar-refractivity contribution >= 4 is 29.0 Å². The average Bonchev–Trinajstić information content (AvgIpc) is 3.12. The molecule has 1 aliphatic heterocycles. The molecule has 0 saturated carbocycles. The Balaban J connectivity index is 1.76. The molecule has 140 valence electrons. The van der Waals surface area contributed by atoms with Gasteiger partial charge in [0.1, 0.15) is 11.9 Å². The zero-order valence-electron chi connectivity index (χ0n) is 14.7. The van der Waals surface area contributed by atoms with Crippen molar-refractivity contribution in [3.63, 3.8) is 0 Å². The Bertz CT molecular complexity index is 897. The maximum Gasteiger partial charge on any atom is 0.272 e. The molecule has 1 aromatic heterocycles. The summed E-state index contributed by atoms with van der Waals surface area (Å²) in [5, 5.41) is 13.7. The molecule has 2 aromatic rings. The molecule has 0 bridgehead atoms. The highest BCUT2D eigenvalue weighted by molar-refractivity contribution is 6.01. The van der Waals surface area contributed by atoms with Crippen LogP contribution in [0.15, 0.2) is 36.5 Å². The predicted octanol–water partition coefficient (Wildman–Crippen LogP) is 2.12. The number of benzene rings is 1. The van der Waals surface area contributed by atoms with E-state index in [4.69, 9.17) is 5.73 Å². The third-order valence-corrected chi connectivity index (χ3v) is 4.51. The second-order valence-electron chi connectivity index (χ2n) is 6.38. The Kier molecular flexibility index (Phi) is 5.02. The number of hydrogen-bond acceptors (Lipinski definition) is 6. The van der Waals surface area contributed by atoms with E-state index in [-0.39, 0.29) is 17.5 Å². The topological polar surface area (TPSA) is 131 Å². The fourth-order valence-electron chi connectivity index (χ4n) is 3.15. The van der Waals surface area contributed by atoms with Gasteiger partial charge >= 0.3 is 0 Å². The number of rotatable bonds is 4. The van der Waals surface area contributed by atoms with Crippen LogP contribution in [0.3, 0.4) is 0 Å². The third-order valence-electron chi connectivity index (χ3n) is 4.51. The van der Waals surface area contributed by atoms with E-state index in [1.165, 1.54) is 29.3 Å². The van der Waals surface area contributed by atoms with E-state index in [1.54, 1.807) is 19.1 Å². The Morgan fingerprint density at radius 3 is 2.74 bits per heavy atom. The number of aromatic nitrogens is 1. The van der Waals surface area contributed by atoms with E-state index in [0.29, 0.717) is 42.0 Å². The number of carbonyl (C=O) groups excluding carboxylic acids is 2. The molecule has 2 amide bonds. The van der Waals surface area contributed by atoms with Gasteiger partial charge in [0.2, 0.25) is 5.91 Å². The van der Waals surface area contributed by atoms with E-state index >= 15 is 0 Å². The maximum atomic E-state index is 12.8. The summed E-state index contributed by atoms with van der Waals surface area (Å²) in [6.07, 6.45) is 2.70. The summed E-state index contributed by atoms with van der Waals surface area (Å²) < 4.78 is 0. The lowest BCUT2D eigenvalue weighted by molar-refractivity contribution is -0.385. The van der Waals surface area contributed by atoms with Crippen molar-refractivity contribution < 1.29 is 14.5 Å². The first-order valence-corrected chi connectivity index (χ1v) is 8.45. The number of amides is 2. The van der Waals surface area contributed by atoms with Gasteiger partial charge in [0.15, 0.2) is 0 Å². The van der Waals surface area contributed by atoms with E-state index in [2.05, 4.69) is 10.3 Å². The van der Waals surface area contributed by atoms with Gasteiger partial charge in [-0.15, -0.1) is 0 Å². The van der Waals surface area contributed by atoms with Crippen LogP contribution >= 0.6 is 0 Å². The van der Waals surface area contributed by atoms with Gasteiger partial charge in [0.05, 0.1) is 16.8 Å². The number of nitrogens with one attached hydrogen (secondary N) is 1. The number of nitrogens with zero attached hydrogens (tertiary/aromatic N) is 3. The number of nitrogen functional groups attached to an aromatic ring is 1. The number of aryl methyl sites for hydroxylation is 1. The molecule has 1 aromatic carbocycles. The van der Waals surface area contributed by atoms with Crippen molar-refractivity contribution in [3.8, 4) is 0 Å². The minimum atomic E-state index is -0.606. The molecule has 1 saturated heterocycles.